The van der Waals surface area contributed by atoms with E-state index >= 15 is 0 Å². The second-order valence-electron chi connectivity index (χ2n) is 8.80. The molecule has 0 aliphatic heterocycles. The van der Waals surface area contributed by atoms with Crippen LogP contribution in [-0.2, 0) is 11.2 Å². The van der Waals surface area contributed by atoms with Crippen LogP contribution in [-0.4, -0.2) is 57.1 Å². The molecule has 0 heterocycles. The smallest absolute Gasteiger partial charge is 0.493 e. The molecule has 0 aliphatic rings. The van der Waals surface area contributed by atoms with E-state index in [9.17, 15) is 22.8 Å². The number of aliphatic hydroxyl groups excluding tert-OH is 1. The fourth-order valence-electron chi connectivity index (χ4n) is 3.53. The number of benzene rings is 3. The Morgan fingerprint density at radius 1 is 0.975 bits per heavy atom. The number of nitrogens with one attached hydrogen (secondary N) is 2. The largest absolute Gasteiger partial charge is 0.573 e. The molecule has 0 aliphatic carbocycles. The van der Waals surface area contributed by atoms with Gasteiger partial charge in [-0.05, 0) is 65.7 Å². The molecule has 0 radical (unpaired) electrons. The fourth-order valence-corrected chi connectivity index (χ4v) is 3.53. The maximum Gasteiger partial charge on any atom is 0.573 e. The van der Waals surface area contributed by atoms with E-state index in [1.807, 2.05) is 37.2 Å². The lowest BCUT2D eigenvalue weighted by Gasteiger charge is -2.14. The van der Waals surface area contributed by atoms with Crippen molar-refractivity contribution >= 4 is 23.6 Å². The van der Waals surface area contributed by atoms with E-state index in [0.29, 0.717) is 24.3 Å². The van der Waals surface area contributed by atoms with Crippen LogP contribution < -0.4 is 25.0 Å². The number of halogens is 3. The standard InChI is InChI=1S/C29H30F3N3O5/c1-35(2)23-5-3-4-20(18-23)14-17-39-24-12-8-22(9-13-24)27(37)34-26(28(38)33-15-16-36)19-21-6-10-25(11-7-21)40-29(30,31)32/h3-13,18-19,36H,14-17H2,1-2H3,(H,33,38)(H,34,37)/b26-19-. The average Bonchev–Trinajstić information content (AvgIpc) is 2.92. The molecule has 2 amide bonds. The highest BCUT2D eigenvalue weighted by Gasteiger charge is 2.31. The molecular formula is C29H30F3N3O5. The van der Waals surface area contributed by atoms with Crippen LogP contribution in [0.1, 0.15) is 21.5 Å². The number of anilines is 1. The molecule has 3 aromatic carbocycles. The Labute approximate surface area is 230 Å². The molecule has 3 aromatic rings. The fraction of sp³-hybridized carbons (Fsp3) is 0.241. The molecule has 0 saturated carbocycles. The minimum atomic E-state index is -4.83. The molecule has 0 unspecified atom stereocenters. The highest BCUT2D eigenvalue weighted by Crippen LogP contribution is 2.23. The van der Waals surface area contributed by atoms with Crippen molar-refractivity contribution in [1.82, 2.24) is 10.6 Å². The molecule has 0 aromatic heterocycles. The zero-order valence-electron chi connectivity index (χ0n) is 22.0. The van der Waals surface area contributed by atoms with Gasteiger partial charge < -0.3 is 30.1 Å². The first-order valence-corrected chi connectivity index (χ1v) is 12.3. The van der Waals surface area contributed by atoms with Gasteiger partial charge in [-0.3, -0.25) is 9.59 Å². The lowest BCUT2D eigenvalue weighted by atomic mass is 10.1. The number of hydrogen-bond donors (Lipinski definition) is 3. The summed E-state index contributed by atoms with van der Waals surface area (Å²) in [6, 6.07) is 19.3. The Balaban J connectivity index is 1.64. The molecule has 0 bridgehead atoms. The third-order valence-electron chi connectivity index (χ3n) is 5.52. The topological polar surface area (TPSA) is 100 Å². The second kappa shape index (κ2) is 14.0. The van der Waals surface area contributed by atoms with E-state index in [1.54, 1.807) is 24.3 Å². The van der Waals surface area contributed by atoms with Gasteiger partial charge in [0, 0.05) is 38.3 Å². The van der Waals surface area contributed by atoms with Crippen LogP contribution in [0.5, 0.6) is 11.5 Å². The summed E-state index contributed by atoms with van der Waals surface area (Å²) in [6.45, 7) is 0.0576. The van der Waals surface area contributed by atoms with Gasteiger partial charge in [0.15, 0.2) is 0 Å². The van der Waals surface area contributed by atoms with Crippen molar-refractivity contribution in [3.05, 3.63) is 95.2 Å². The number of rotatable bonds is 12. The summed E-state index contributed by atoms with van der Waals surface area (Å²) in [5.41, 5.74) is 2.65. The summed E-state index contributed by atoms with van der Waals surface area (Å²) >= 11 is 0. The number of amides is 2. The number of alkyl halides is 3. The van der Waals surface area contributed by atoms with Crippen molar-refractivity contribution < 1.29 is 37.3 Å². The molecule has 11 heteroatoms. The van der Waals surface area contributed by atoms with Crippen molar-refractivity contribution in [3.63, 3.8) is 0 Å². The van der Waals surface area contributed by atoms with Crippen molar-refractivity contribution in [2.75, 3.05) is 38.8 Å². The van der Waals surface area contributed by atoms with Crippen molar-refractivity contribution in [1.29, 1.82) is 0 Å². The normalized spacial score (nSPS) is 11.5. The van der Waals surface area contributed by atoms with Crippen LogP contribution in [0.4, 0.5) is 18.9 Å². The monoisotopic (exact) mass is 557 g/mol. The average molecular weight is 558 g/mol. The van der Waals surface area contributed by atoms with Gasteiger partial charge in [0.1, 0.15) is 17.2 Å². The lowest BCUT2D eigenvalue weighted by molar-refractivity contribution is -0.274. The first-order valence-electron chi connectivity index (χ1n) is 12.3. The maximum atomic E-state index is 12.9. The zero-order chi connectivity index (χ0) is 29.1. The molecular weight excluding hydrogens is 527 g/mol. The highest BCUT2D eigenvalue weighted by atomic mass is 19.4. The Hall–Kier alpha value is -4.51. The highest BCUT2D eigenvalue weighted by molar-refractivity contribution is 6.05. The Morgan fingerprint density at radius 3 is 2.27 bits per heavy atom. The Morgan fingerprint density at radius 2 is 1.65 bits per heavy atom. The summed E-state index contributed by atoms with van der Waals surface area (Å²) in [5.74, 6) is -1.13. The van der Waals surface area contributed by atoms with Gasteiger partial charge in [0.2, 0.25) is 0 Å². The molecule has 0 spiro atoms. The van der Waals surface area contributed by atoms with Gasteiger partial charge in [-0.1, -0.05) is 24.3 Å². The van der Waals surface area contributed by atoms with Gasteiger partial charge in [0.05, 0.1) is 13.2 Å². The minimum Gasteiger partial charge on any atom is -0.493 e. The van der Waals surface area contributed by atoms with Gasteiger partial charge in [-0.2, -0.15) is 0 Å². The van der Waals surface area contributed by atoms with Gasteiger partial charge in [-0.15, -0.1) is 13.2 Å². The molecule has 40 heavy (non-hydrogen) atoms. The molecule has 0 fully saturated rings. The van der Waals surface area contributed by atoms with E-state index in [0.717, 1.165) is 23.4 Å². The number of ether oxygens (including phenoxy) is 2. The zero-order valence-corrected chi connectivity index (χ0v) is 22.0. The summed E-state index contributed by atoms with van der Waals surface area (Å²) in [5, 5.41) is 14.0. The molecule has 0 saturated heterocycles. The number of hydrogen-bond acceptors (Lipinski definition) is 6. The van der Waals surface area contributed by atoms with E-state index in [2.05, 4.69) is 21.4 Å². The number of nitrogens with zero attached hydrogens (tertiary/aromatic N) is 1. The van der Waals surface area contributed by atoms with Crippen LogP contribution in [0.25, 0.3) is 6.08 Å². The molecule has 0 atom stereocenters. The Bertz CT molecular complexity index is 1310. The minimum absolute atomic E-state index is 0.0596. The number of aliphatic hydroxyl groups is 1. The third kappa shape index (κ3) is 9.66. The van der Waals surface area contributed by atoms with Crippen LogP contribution in [0.3, 0.4) is 0 Å². The molecule has 8 nitrogen and oxygen atoms in total. The van der Waals surface area contributed by atoms with E-state index < -0.39 is 23.9 Å². The molecule has 3 N–H and O–H groups in total. The first-order chi connectivity index (χ1) is 19.0. The summed E-state index contributed by atoms with van der Waals surface area (Å²) in [7, 11) is 3.95. The van der Waals surface area contributed by atoms with Crippen molar-refractivity contribution in [3.8, 4) is 11.5 Å². The van der Waals surface area contributed by atoms with Gasteiger partial charge in [0.25, 0.3) is 11.8 Å². The summed E-state index contributed by atoms with van der Waals surface area (Å²) in [6.07, 6.45) is -2.84. The predicted octanol–water partition coefficient (Wildman–Crippen LogP) is 4.15. The van der Waals surface area contributed by atoms with Crippen molar-refractivity contribution in [2.24, 2.45) is 0 Å². The van der Waals surface area contributed by atoms with Crippen LogP contribution >= 0.6 is 0 Å². The SMILES string of the molecule is CN(C)c1cccc(CCOc2ccc(C(=O)N/C(=C\c3ccc(OC(F)(F)F)cc3)C(=O)NCCO)cc2)c1. The number of carbonyl (C=O) groups excluding carboxylic acids is 2. The van der Waals surface area contributed by atoms with Crippen LogP contribution in [0.2, 0.25) is 0 Å². The predicted molar refractivity (Wildman–Crippen MR) is 145 cm³/mol. The summed E-state index contributed by atoms with van der Waals surface area (Å²) in [4.78, 5) is 27.5. The number of carbonyl (C=O) groups is 2. The van der Waals surface area contributed by atoms with Crippen molar-refractivity contribution in [2.45, 2.75) is 12.8 Å². The quantitative estimate of drug-likeness (QED) is 0.290. The molecule has 212 valence electrons. The van der Waals surface area contributed by atoms with Gasteiger partial charge in [-0.25, -0.2) is 0 Å². The van der Waals surface area contributed by atoms with E-state index in [1.165, 1.54) is 18.2 Å². The van der Waals surface area contributed by atoms with E-state index in [4.69, 9.17) is 9.84 Å². The third-order valence-corrected chi connectivity index (χ3v) is 5.52. The first kappa shape index (κ1) is 30.0. The molecule has 3 rings (SSSR count). The van der Waals surface area contributed by atoms with E-state index in [-0.39, 0.29) is 24.4 Å². The maximum absolute atomic E-state index is 12.9. The van der Waals surface area contributed by atoms with Crippen LogP contribution in [0.15, 0.2) is 78.5 Å². The summed E-state index contributed by atoms with van der Waals surface area (Å²) < 4.78 is 46.9. The Kier molecular flexibility index (Phi) is 10.5. The van der Waals surface area contributed by atoms with Gasteiger partial charge >= 0.3 is 6.36 Å². The van der Waals surface area contributed by atoms with Crippen LogP contribution in [0, 0.1) is 0 Å². The second-order valence-corrected chi connectivity index (χ2v) is 8.80. The lowest BCUT2D eigenvalue weighted by Crippen LogP contribution is -2.36.